The van der Waals surface area contributed by atoms with Crippen LogP contribution >= 0.6 is 11.6 Å². The van der Waals surface area contributed by atoms with Gasteiger partial charge in [0, 0.05) is 18.3 Å². The number of halogens is 4. The highest BCUT2D eigenvalue weighted by atomic mass is 35.5. The maximum absolute atomic E-state index is 13.5. The Hall–Kier alpha value is -4.03. The number of amides is 1. The number of nitrogens with zero attached hydrogens (tertiary/aromatic N) is 3. The van der Waals surface area contributed by atoms with E-state index in [1.807, 2.05) is 0 Å². The summed E-state index contributed by atoms with van der Waals surface area (Å²) >= 11 is 6.14. The number of anilines is 2. The van der Waals surface area contributed by atoms with E-state index in [-0.39, 0.29) is 39.3 Å². The molecule has 4 rings (SSSR count). The number of carbonyl (C=O) groups is 1. The van der Waals surface area contributed by atoms with Crippen molar-refractivity contribution < 1.29 is 31.1 Å². The molecule has 0 radical (unpaired) electrons. The summed E-state index contributed by atoms with van der Waals surface area (Å²) in [6.45, 7) is 2.74. The Labute approximate surface area is 234 Å². The third-order valence-corrected chi connectivity index (χ3v) is 8.22. The van der Waals surface area contributed by atoms with Crippen LogP contribution in [0.4, 0.5) is 24.5 Å². The molecule has 0 bridgehead atoms. The van der Waals surface area contributed by atoms with Gasteiger partial charge in [0.05, 0.1) is 21.3 Å². The number of carbonyl (C=O) groups excluding carboxylic acids is 1. The van der Waals surface area contributed by atoms with Gasteiger partial charge in [0.25, 0.3) is 15.9 Å². The standard InChI is InChI=1S/C27H24ClF3N4O4S/c1-3-34(19-10-5-4-6-11-19)40(37,38)23-15-9-13-21(18(23)2)32-25(36)17-39-26-16-24(27(29,30)31)33-35(26)22-14-8-7-12-20(22)28/h4-16H,3,17H2,1-2H3,(H,32,36). The summed E-state index contributed by atoms with van der Waals surface area (Å²) in [5.74, 6) is -1.08. The van der Waals surface area contributed by atoms with Gasteiger partial charge in [-0.2, -0.15) is 23.0 Å². The molecule has 40 heavy (non-hydrogen) atoms. The molecule has 0 unspecified atom stereocenters. The lowest BCUT2D eigenvalue weighted by atomic mass is 10.2. The van der Waals surface area contributed by atoms with Gasteiger partial charge in [-0.05, 0) is 55.8 Å². The van der Waals surface area contributed by atoms with Crippen LogP contribution in [0.3, 0.4) is 0 Å². The first-order chi connectivity index (χ1) is 18.9. The topological polar surface area (TPSA) is 93.5 Å². The van der Waals surface area contributed by atoms with E-state index < -0.39 is 34.4 Å². The van der Waals surface area contributed by atoms with Crippen molar-refractivity contribution in [2.45, 2.75) is 24.9 Å². The van der Waals surface area contributed by atoms with Gasteiger partial charge in [-0.1, -0.05) is 48.0 Å². The van der Waals surface area contributed by atoms with Gasteiger partial charge in [0.15, 0.2) is 12.3 Å². The van der Waals surface area contributed by atoms with E-state index in [0.29, 0.717) is 11.8 Å². The lowest BCUT2D eigenvalue weighted by Gasteiger charge is -2.24. The molecule has 0 saturated heterocycles. The minimum atomic E-state index is -4.76. The number of rotatable bonds is 9. The number of hydrogen-bond donors (Lipinski definition) is 1. The molecule has 0 aliphatic rings. The minimum Gasteiger partial charge on any atom is -0.467 e. The van der Waals surface area contributed by atoms with E-state index in [9.17, 15) is 26.4 Å². The van der Waals surface area contributed by atoms with Crippen molar-refractivity contribution in [3.63, 3.8) is 0 Å². The van der Waals surface area contributed by atoms with Crippen LogP contribution in [0.25, 0.3) is 5.69 Å². The van der Waals surface area contributed by atoms with Crippen LogP contribution < -0.4 is 14.4 Å². The Morgan fingerprint density at radius 3 is 2.38 bits per heavy atom. The van der Waals surface area contributed by atoms with Crippen molar-refractivity contribution in [2.24, 2.45) is 0 Å². The molecular formula is C27H24ClF3N4O4S. The molecule has 3 aromatic carbocycles. The van der Waals surface area contributed by atoms with Crippen LogP contribution in [0, 0.1) is 6.92 Å². The monoisotopic (exact) mass is 592 g/mol. The highest BCUT2D eigenvalue weighted by Crippen LogP contribution is 2.34. The molecule has 8 nitrogen and oxygen atoms in total. The smallest absolute Gasteiger partial charge is 0.435 e. The molecule has 1 N–H and O–H groups in total. The van der Waals surface area contributed by atoms with Crippen molar-refractivity contribution in [1.29, 1.82) is 0 Å². The molecule has 1 heterocycles. The number of benzene rings is 3. The van der Waals surface area contributed by atoms with E-state index in [1.165, 1.54) is 34.6 Å². The van der Waals surface area contributed by atoms with Crippen LogP contribution in [0.5, 0.6) is 5.88 Å². The van der Waals surface area contributed by atoms with Crippen molar-refractivity contribution >= 4 is 38.9 Å². The van der Waals surface area contributed by atoms with E-state index in [1.54, 1.807) is 56.3 Å². The highest BCUT2D eigenvalue weighted by Gasteiger charge is 2.36. The summed E-state index contributed by atoms with van der Waals surface area (Å²) in [5, 5.41) is 6.25. The van der Waals surface area contributed by atoms with Gasteiger partial charge in [-0.15, -0.1) is 0 Å². The number of alkyl halides is 3. The predicted octanol–water partition coefficient (Wildman–Crippen LogP) is 6.09. The second-order valence-electron chi connectivity index (χ2n) is 8.50. The summed E-state index contributed by atoms with van der Waals surface area (Å²) in [5.41, 5.74) is -0.126. The van der Waals surface area contributed by atoms with Crippen LogP contribution in [0.15, 0.2) is 83.8 Å². The van der Waals surface area contributed by atoms with E-state index in [0.717, 1.165) is 4.68 Å². The third-order valence-electron chi connectivity index (χ3n) is 5.86. The van der Waals surface area contributed by atoms with Crippen LogP contribution in [0.2, 0.25) is 5.02 Å². The molecule has 4 aromatic rings. The number of hydrogen-bond acceptors (Lipinski definition) is 5. The van der Waals surface area contributed by atoms with Gasteiger partial charge in [-0.25, -0.2) is 8.42 Å². The third kappa shape index (κ3) is 6.07. The number of para-hydroxylation sites is 2. The fourth-order valence-corrected chi connectivity index (χ4v) is 5.90. The number of nitrogens with one attached hydrogen (secondary N) is 1. The first-order valence-electron chi connectivity index (χ1n) is 12.0. The molecule has 13 heteroatoms. The maximum Gasteiger partial charge on any atom is 0.435 e. The molecule has 0 saturated carbocycles. The zero-order valence-electron chi connectivity index (χ0n) is 21.3. The first-order valence-corrected chi connectivity index (χ1v) is 13.8. The normalized spacial score (nSPS) is 11.8. The quantitative estimate of drug-likeness (QED) is 0.254. The first kappa shape index (κ1) is 29.0. The highest BCUT2D eigenvalue weighted by molar-refractivity contribution is 7.92. The van der Waals surface area contributed by atoms with Crippen molar-refractivity contribution in [1.82, 2.24) is 9.78 Å². The molecule has 0 spiro atoms. The molecule has 0 atom stereocenters. The van der Waals surface area contributed by atoms with Crippen molar-refractivity contribution in [3.8, 4) is 11.6 Å². The van der Waals surface area contributed by atoms with E-state index in [4.69, 9.17) is 16.3 Å². The molecule has 0 fully saturated rings. The van der Waals surface area contributed by atoms with Gasteiger partial charge in [0.1, 0.15) is 0 Å². The Bertz CT molecular complexity index is 1630. The molecule has 0 aliphatic carbocycles. The van der Waals surface area contributed by atoms with Crippen LogP contribution in [-0.2, 0) is 21.0 Å². The van der Waals surface area contributed by atoms with Crippen molar-refractivity contribution in [3.05, 3.63) is 95.1 Å². The molecule has 0 aliphatic heterocycles. The van der Waals surface area contributed by atoms with E-state index in [2.05, 4.69) is 10.4 Å². The zero-order valence-corrected chi connectivity index (χ0v) is 22.9. The SMILES string of the molecule is CCN(c1ccccc1)S(=O)(=O)c1cccc(NC(=O)COc2cc(C(F)(F)F)nn2-c2ccccc2Cl)c1C. The Kier molecular flexibility index (Phi) is 8.40. The Morgan fingerprint density at radius 1 is 1.05 bits per heavy atom. The van der Waals surface area contributed by atoms with Crippen LogP contribution in [-0.4, -0.2) is 37.3 Å². The summed E-state index contributed by atoms with van der Waals surface area (Å²) in [6.07, 6.45) is -4.76. The lowest BCUT2D eigenvalue weighted by Crippen LogP contribution is -2.31. The van der Waals surface area contributed by atoms with Gasteiger partial charge in [0.2, 0.25) is 5.88 Å². The summed E-state index contributed by atoms with van der Waals surface area (Å²) in [7, 11) is -3.98. The summed E-state index contributed by atoms with van der Waals surface area (Å²) in [6, 6.07) is 19.8. The number of aromatic nitrogens is 2. The lowest BCUT2D eigenvalue weighted by molar-refractivity contribution is -0.141. The fraction of sp³-hybridized carbons (Fsp3) is 0.185. The molecule has 1 aromatic heterocycles. The van der Waals surface area contributed by atoms with Crippen molar-refractivity contribution in [2.75, 3.05) is 22.8 Å². The summed E-state index contributed by atoms with van der Waals surface area (Å²) in [4.78, 5) is 12.7. The van der Waals surface area contributed by atoms with Gasteiger partial charge >= 0.3 is 6.18 Å². The average Bonchev–Trinajstić information content (AvgIpc) is 3.34. The predicted molar refractivity (Wildman–Crippen MR) is 146 cm³/mol. The number of ether oxygens (including phenoxy) is 1. The summed E-state index contributed by atoms with van der Waals surface area (Å²) < 4.78 is 74.6. The molecular weight excluding hydrogens is 569 g/mol. The number of sulfonamides is 1. The molecule has 210 valence electrons. The second kappa shape index (κ2) is 11.6. The second-order valence-corrected chi connectivity index (χ2v) is 10.7. The minimum absolute atomic E-state index is 0.0106. The van der Waals surface area contributed by atoms with Gasteiger partial charge in [-0.3, -0.25) is 9.10 Å². The average molecular weight is 593 g/mol. The molecule has 1 amide bonds. The van der Waals surface area contributed by atoms with E-state index >= 15 is 0 Å². The maximum atomic E-state index is 13.5. The zero-order chi connectivity index (χ0) is 29.1. The Balaban J connectivity index is 1.56. The largest absolute Gasteiger partial charge is 0.467 e. The Morgan fingerprint density at radius 2 is 1.73 bits per heavy atom. The van der Waals surface area contributed by atoms with Gasteiger partial charge < -0.3 is 10.1 Å². The van der Waals surface area contributed by atoms with Crippen LogP contribution in [0.1, 0.15) is 18.2 Å². The fourth-order valence-electron chi connectivity index (χ4n) is 3.96.